The molecule has 0 atom stereocenters. The Hall–Kier alpha value is -5.41. The van der Waals surface area contributed by atoms with E-state index < -0.39 is 7.82 Å². The predicted octanol–water partition coefficient (Wildman–Crippen LogP) is 11.2. The van der Waals surface area contributed by atoms with Gasteiger partial charge in [-0.05, 0) is 66.3 Å². The minimum atomic E-state index is -4.67. The van der Waals surface area contributed by atoms with Crippen molar-refractivity contribution >= 4 is 50.9 Å². The van der Waals surface area contributed by atoms with Gasteiger partial charge in [0.2, 0.25) is 0 Å². The van der Waals surface area contributed by atoms with E-state index in [9.17, 15) is 9.46 Å². The lowest BCUT2D eigenvalue weighted by atomic mass is 9.85. The van der Waals surface area contributed by atoms with Gasteiger partial charge in [-0.2, -0.15) is 0 Å². The van der Waals surface area contributed by atoms with Crippen LogP contribution in [0, 0.1) is 0 Å². The van der Waals surface area contributed by atoms with Crippen molar-refractivity contribution in [1.29, 1.82) is 0 Å². The SMILES string of the molecule is O=P1(O)Oc2c(-c3cccc4ccccc34)cc3ccccc3c2-c2c(c(-c3cccc4ccccc34)cc3ccccc23)O1. The Bertz CT molecular complexity index is 2370. The summed E-state index contributed by atoms with van der Waals surface area (Å²) in [7, 11) is -4.67. The van der Waals surface area contributed by atoms with Gasteiger partial charge in [0.25, 0.3) is 0 Å². The molecule has 1 aliphatic rings. The summed E-state index contributed by atoms with van der Waals surface area (Å²) in [5.74, 6) is 0.657. The van der Waals surface area contributed by atoms with Crippen LogP contribution in [0.1, 0.15) is 0 Å². The summed E-state index contributed by atoms with van der Waals surface area (Å²) in [6.45, 7) is 0. The summed E-state index contributed by atoms with van der Waals surface area (Å²) in [6.07, 6.45) is 0. The molecule has 45 heavy (non-hydrogen) atoms. The fourth-order valence-corrected chi connectivity index (χ4v) is 7.79. The van der Waals surface area contributed by atoms with Crippen molar-refractivity contribution in [1.82, 2.24) is 0 Å². The molecule has 0 aromatic heterocycles. The highest BCUT2D eigenvalue weighted by atomic mass is 31.2. The summed E-state index contributed by atoms with van der Waals surface area (Å²) in [5, 5.41) is 7.97. The van der Waals surface area contributed by atoms with Gasteiger partial charge in [0, 0.05) is 22.3 Å². The van der Waals surface area contributed by atoms with Crippen LogP contribution in [-0.4, -0.2) is 4.89 Å². The Kier molecular flexibility index (Phi) is 5.67. The molecule has 0 spiro atoms. The molecule has 0 aliphatic carbocycles. The fourth-order valence-electron chi connectivity index (χ4n) is 6.91. The molecule has 214 valence electrons. The van der Waals surface area contributed by atoms with E-state index in [1.807, 2.05) is 84.9 Å². The lowest BCUT2D eigenvalue weighted by Gasteiger charge is -2.19. The molecule has 0 saturated heterocycles. The van der Waals surface area contributed by atoms with Gasteiger partial charge >= 0.3 is 7.82 Å². The van der Waals surface area contributed by atoms with Crippen molar-refractivity contribution in [3.05, 3.63) is 146 Å². The van der Waals surface area contributed by atoms with Crippen LogP contribution in [0.2, 0.25) is 0 Å². The standard InChI is InChI=1S/C40H25O4P/c41-45(42)43-39-35(33-21-9-15-25-11-1-5-17-29(25)33)23-27-13-3-7-19-31(27)37(39)38-32-20-8-4-14-28(32)24-36(40(38)44-45)34-22-10-16-26-12-2-6-18-30(26)34/h1-24H,(H,41,42). The van der Waals surface area contributed by atoms with E-state index in [0.717, 1.165) is 76.5 Å². The third kappa shape index (κ3) is 4.08. The van der Waals surface area contributed by atoms with Gasteiger partial charge in [0.15, 0.2) is 0 Å². The number of phosphoric ester groups is 1. The minimum absolute atomic E-state index is 0.329. The molecule has 4 nitrogen and oxygen atoms in total. The van der Waals surface area contributed by atoms with Gasteiger partial charge in [-0.3, -0.25) is 4.89 Å². The van der Waals surface area contributed by atoms with Crippen LogP contribution in [0.3, 0.4) is 0 Å². The average Bonchev–Trinajstić information content (AvgIpc) is 3.20. The molecule has 0 fully saturated rings. The molecule has 0 unspecified atom stereocenters. The van der Waals surface area contributed by atoms with E-state index in [0.29, 0.717) is 11.5 Å². The highest BCUT2D eigenvalue weighted by molar-refractivity contribution is 7.48. The summed E-state index contributed by atoms with van der Waals surface area (Å²) >= 11 is 0. The van der Waals surface area contributed by atoms with E-state index in [1.165, 1.54) is 0 Å². The molecule has 8 aromatic carbocycles. The zero-order valence-electron chi connectivity index (χ0n) is 24.0. The van der Waals surface area contributed by atoms with Crippen molar-refractivity contribution < 1.29 is 18.5 Å². The molecule has 0 bridgehead atoms. The van der Waals surface area contributed by atoms with Crippen LogP contribution < -0.4 is 9.05 Å². The number of benzene rings is 8. The molecular formula is C40H25O4P. The van der Waals surface area contributed by atoms with Crippen molar-refractivity contribution in [2.24, 2.45) is 0 Å². The lowest BCUT2D eigenvalue weighted by molar-refractivity contribution is 0.295. The summed E-state index contributed by atoms with van der Waals surface area (Å²) in [6, 6.07) is 48.9. The Labute approximate surface area is 259 Å². The number of fused-ring (bicyclic) bond motifs is 9. The summed E-state index contributed by atoms with van der Waals surface area (Å²) < 4.78 is 26.4. The zero-order chi connectivity index (χ0) is 30.1. The molecule has 0 radical (unpaired) electrons. The molecule has 5 heteroatoms. The van der Waals surface area contributed by atoms with E-state index in [2.05, 4.69) is 60.7 Å². The quantitative estimate of drug-likeness (QED) is 0.201. The Morgan fingerprint density at radius 2 is 0.756 bits per heavy atom. The lowest BCUT2D eigenvalue weighted by Crippen LogP contribution is -2.00. The van der Waals surface area contributed by atoms with Gasteiger partial charge in [-0.25, -0.2) is 4.57 Å². The van der Waals surface area contributed by atoms with Gasteiger partial charge in [-0.15, -0.1) is 0 Å². The van der Waals surface area contributed by atoms with Crippen molar-refractivity contribution in [3.63, 3.8) is 0 Å². The Morgan fingerprint density at radius 3 is 1.20 bits per heavy atom. The first-order chi connectivity index (χ1) is 22.1. The Balaban J connectivity index is 1.49. The maximum Gasteiger partial charge on any atom is 0.584 e. The normalized spacial score (nSPS) is 13.6. The smallest absolute Gasteiger partial charge is 0.394 e. The van der Waals surface area contributed by atoms with Gasteiger partial charge < -0.3 is 9.05 Å². The third-order valence-electron chi connectivity index (χ3n) is 8.83. The second-order valence-electron chi connectivity index (χ2n) is 11.4. The van der Waals surface area contributed by atoms with Crippen molar-refractivity contribution in [2.75, 3.05) is 0 Å². The zero-order valence-corrected chi connectivity index (χ0v) is 24.9. The molecule has 8 aromatic rings. The minimum Gasteiger partial charge on any atom is -0.394 e. The summed E-state index contributed by atoms with van der Waals surface area (Å²) in [4.78, 5) is 11.5. The monoisotopic (exact) mass is 600 g/mol. The average molecular weight is 601 g/mol. The molecule has 9 rings (SSSR count). The largest absolute Gasteiger partial charge is 0.584 e. The number of hydrogen-bond acceptors (Lipinski definition) is 3. The topological polar surface area (TPSA) is 55.8 Å². The maximum absolute atomic E-state index is 14.1. The fraction of sp³-hybridized carbons (Fsp3) is 0. The predicted molar refractivity (Wildman–Crippen MR) is 184 cm³/mol. The van der Waals surface area contributed by atoms with Crippen LogP contribution in [0.25, 0.3) is 76.5 Å². The highest BCUT2D eigenvalue weighted by Gasteiger charge is 2.38. The second-order valence-corrected chi connectivity index (χ2v) is 12.7. The molecule has 1 heterocycles. The number of phosphoric acid groups is 1. The van der Waals surface area contributed by atoms with E-state index >= 15 is 0 Å². The van der Waals surface area contributed by atoms with E-state index in [-0.39, 0.29) is 0 Å². The molecule has 0 saturated carbocycles. The molecule has 0 amide bonds. The van der Waals surface area contributed by atoms with Crippen LogP contribution in [0.5, 0.6) is 11.5 Å². The van der Waals surface area contributed by atoms with Gasteiger partial charge in [-0.1, -0.05) is 133 Å². The van der Waals surface area contributed by atoms with Gasteiger partial charge in [0.05, 0.1) is 0 Å². The van der Waals surface area contributed by atoms with Crippen LogP contribution in [-0.2, 0) is 4.57 Å². The summed E-state index contributed by atoms with van der Waals surface area (Å²) in [5.41, 5.74) is 4.74. The number of hydrogen-bond donors (Lipinski definition) is 1. The molecular weight excluding hydrogens is 575 g/mol. The second kappa shape index (κ2) is 9.80. The first kappa shape index (κ1) is 26.0. The van der Waals surface area contributed by atoms with E-state index in [1.54, 1.807) is 0 Å². The number of rotatable bonds is 2. The molecule has 1 aliphatic heterocycles. The van der Waals surface area contributed by atoms with Crippen LogP contribution >= 0.6 is 7.82 Å². The van der Waals surface area contributed by atoms with Gasteiger partial charge in [0.1, 0.15) is 11.5 Å². The maximum atomic E-state index is 14.1. The molecule has 1 N–H and O–H groups in total. The van der Waals surface area contributed by atoms with Crippen molar-refractivity contribution in [3.8, 4) is 44.9 Å². The highest BCUT2D eigenvalue weighted by Crippen LogP contribution is 2.62. The van der Waals surface area contributed by atoms with Crippen LogP contribution in [0.15, 0.2) is 146 Å². The van der Waals surface area contributed by atoms with Crippen LogP contribution in [0.4, 0.5) is 0 Å². The first-order valence-electron chi connectivity index (χ1n) is 14.9. The third-order valence-corrected chi connectivity index (χ3v) is 9.65. The van der Waals surface area contributed by atoms with E-state index in [4.69, 9.17) is 9.05 Å². The Morgan fingerprint density at radius 1 is 0.400 bits per heavy atom. The van der Waals surface area contributed by atoms with Crippen molar-refractivity contribution in [2.45, 2.75) is 0 Å². The first-order valence-corrected chi connectivity index (χ1v) is 16.4.